The molecule has 0 unspecified atom stereocenters. The zero-order valence-corrected chi connectivity index (χ0v) is 10.7. The Labute approximate surface area is 112 Å². The molecule has 0 saturated heterocycles. The predicted octanol–water partition coefficient (Wildman–Crippen LogP) is 3.47. The normalized spacial score (nSPS) is 9.74. The van der Waals surface area contributed by atoms with Gasteiger partial charge in [-0.05, 0) is 24.9 Å². The first kappa shape index (κ1) is 12.8. The van der Waals surface area contributed by atoms with Gasteiger partial charge in [0.2, 0.25) is 5.88 Å². The number of rotatable bonds is 5. The summed E-state index contributed by atoms with van der Waals surface area (Å²) in [4.78, 5) is 7.99. The van der Waals surface area contributed by atoms with Gasteiger partial charge in [-0.1, -0.05) is 24.8 Å². The number of nitrogens with zero attached hydrogens (tertiary/aromatic N) is 2. The number of hydrogen-bond donors (Lipinski definition) is 0. The molecule has 0 aliphatic rings. The van der Waals surface area contributed by atoms with Gasteiger partial charge in [0, 0.05) is 11.8 Å². The number of benzene rings is 1. The molecule has 0 spiro atoms. The molecule has 4 heteroatoms. The largest absolute Gasteiger partial charge is 0.479 e. The second kappa shape index (κ2) is 5.82. The summed E-state index contributed by atoms with van der Waals surface area (Å²) in [5, 5.41) is 0. The minimum atomic E-state index is 0.394. The fraction of sp³-hybridized carbons (Fsp3) is 0.0667. The van der Waals surface area contributed by atoms with Gasteiger partial charge in [0.15, 0.2) is 0 Å². The van der Waals surface area contributed by atoms with E-state index in [1.54, 1.807) is 12.3 Å². The van der Waals surface area contributed by atoms with Crippen molar-refractivity contribution in [3.05, 3.63) is 54.7 Å². The Balaban J connectivity index is 2.31. The third kappa shape index (κ3) is 2.80. The predicted molar refractivity (Wildman–Crippen MR) is 76.1 cm³/mol. The Bertz CT molecular complexity index is 594. The fourth-order valence-corrected chi connectivity index (χ4v) is 1.65. The Morgan fingerprint density at radius 2 is 1.95 bits per heavy atom. The highest BCUT2D eigenvalue weighted by Gasteiger charge is 2.13. The minimum absolute atomic E-state index is 0.394. The molecular formula is C15H14N2O2. The van der Waals surface area contributed by atoms with E-state index in [2.05, 4.69) is 23.3 Å². The van der Waals surface area contributed by atoms with Crippen LogP contribution < -0.4 is 9.47 Å². The third-order valence-electron chi connectivity index (χ3n) is 2.53. The second-order valence-corrected chi connectivity index (χ2v) is 3.71. The molecule has 0 aliphatic heterocycles. The van der Waals surface area contributed by atoms with Crippen molar-refractivity contribution >= 4 is 18.2 Å². The summed E-state index contributed by atoms with van der Waals surface area (Å²) in [6, 6.07) is 11.2. The monoisotopic (exact) mass is 254 g/mol. The SMILES string of the molecule is C=Nc1c(C(=C)Oc2ccccc2)ccnc1OC. The molecule has 0 radical (unpaired) electrons. The fourth-order valence-electron chi connectivity index (χ4n) is 1.65. The van der Waals surface area contributed by atoms with Crippen LogP contribution in [-0.4, -0.2) is 18.8 Å². The van der Waals surface area contributed by atoms with Crippen molar-refractivity contribution in [2.45, 2.75) is 0 Å². The summed E-state index contributed by atoms with van der Waals surface area (Å²) >= 11 is 0. The zero-order chi connectivity index (χ0) is 13.7. The molecule has 2 rings (SSSR count). The first-order valence-electron chi connectivity index (χ1n) is 5.68. The molecule has 0 amide bonds. The van der Waals surface area contributed by atoms with Crippen LogP contribution in [0, 0.1) is 0 Å². The van der Waals surface area contributed by atoms with E-state index < -0.39 is 0 Å². The van der Waals surface area contributed by atoms with E-state index in [-0.39, 0.29) is 0 Å². The number of pyridine rings is 1. The van der Waals surface area contributed by atoms with Crippen molar-refractivity contribution in [3.63, 3.8) is 0 Å². The molecule has 0 bridgehead atoms. The van der Waals surface area contributed by atoms with Crippen molar-refractivity contribution in [2.75, 3.05) is 7.11 Å². The molecule has 96 valence electrons. The summed E-state index contributed by atoms with van der Waals surface area (Å²) in [5.74, 6) is 1.57. The number of ether oxygens (including phenoxy) is 2. The molecule has 1 heterocycles. The number of hydrogen-bond acceptors (Lipinski definition) is 4. The molecule has 4 nitrogen and oxygen atoms in total. The van der Waals surface area contributed by atoms with Crippen LogP contribution in [0.4, 0.5) is 5.69 Å². The summed E-state index contributed by atoms with van der Waals surface area (Å²) in [6.07, 6.45) is 1.61. The highest BCUT2D eigenvalue weighted by Crippen LogP contribution is 2.33. The van der Waals surface area contributed by atoms with E-state index >= 15 is 0 Å². The van der Waals surface area contributed by atoms with Crippen molar-refractivity contribution in [1.82, 2.24) is 4.98 Å². The smallest absolute Gasteiger partial charge is 0.240 e. The van der Waals surface area contributed by atoms with Crippen LogP contribution >= 0.6 is 0 Å². The standard InChI is InChI=1S/C15H14N2O2/c1-11(19-12-7-5-4-6-8-12)13-9-10-17-15(18-3)14(13)16-2/h4-10H,1-2H2,3H3. The summed E-state index contributed by atoms with van der Waals surface area (Å²) in [6.45, 7) is 7.43. The van der Waals surface area contributed by atoms with Gasteiger partial charge in [-0.2, -0.15) is 0 Å². The number of aliphatic imine (C=N–C) groups is 1. The van der Waals surface area contributed by atoms with Crippen LogP contribution in [0.3, 0.4) is 0 Å². The Morgan fingerprint density at radius 1 is 1.21 bits per heavy atom. The van der Waals surface area contributed by atoms with Crippen molar-refractivity contribution in [3.8, 4) is 11.6 Å². The molecule has 0 atom stereocenters. The molecule has 0 aliphatic carbocycles. The Morgan fingerprint density at radius 3 is 2.58 bits per heavy atom. The lowest BCUT2D eigenvalue weighted by Gasteiger charge is -2.12. The average molecular weight is 254 g/mol. The maximum Gasteiger partial charge on any atom is 0.240 e. The van der Waals surface area contributed by atoms with Crippen molar-refractivity contribution in [1.29, 1.82) is 0 Å². The van der Waals surface area contributed by atoms with Gasteiger partial charge in [0.05, 0.1) is 7.11 Å². The molecular weight excluding hydrogens is 240 g/mol. The van der Waals surface area contributed by atoms with Crippen LogP contribution in [0.15, 0.2) is 54.2 Å². The van der Waals surface area contributed by atoms with E-state index in [1.807, 2.05) is 30.3 Å². The maximum atomic E-state index is 5.68. The van der Waals surface area contributed by atoms with Gasteiger partial charge in [0.25, 0.3) is 0 Å². The first-order valence-corrected chi connectivity index (χ1v) is 5.68. The second-order valence-electron chi connectivity index (χ2n) is 3.71. The van der Waals surface area contributed by atoms with Gasteiger partial charge in [-0.3, -0.25) is 4.99 Å². The van der Waals surface area contributed by atoms with E-state index in [0.29, 0.717) is 28.6 Å². The van der Waals surface area contributed by atoms with E-state index in [4.69, 9.17) is 9.47 Å². The molecule has 0 N–H and O–H groups in total. The maximum absolute atomic E-state index is 5.68. The number of aromatic nitrogens is 1. The first-order chi connectivity index (χ1) is 9.26. The molecule has 1 aromatic carbocycles. The van der Waals surface area contributed by atoms with E-state index in [1.165, 1.54) is 7.11 Å². The molecule has 1 aromatic heterocycles. The van der Waals surface area contributed by atoms with Crippen LogP contribution in [0.25, 0.3) is 5.76 Å². The summed E-state index contributed by atoms with van der Waals surface area (Å²) in [5.41, 5.74) is 1.22. The number of methoxy groups -OCH3 is 1. The third-order valence-corrected chi connectivity index (χ3v) is 2.53. The lowest BCUT2D eigenvalue weighted by molar-refractivity contribution is 0.399. The van der Waals surface area contributed by atoms with Gasteiger partial charge in [-0.25, -0.2) is 4.98 Å². The molecule has 0 fully saturated rings. The highest BCUT2D eigenvalue weighted by atomic mass is 16.5. The topological polar surface area (TPSA) is 43.7 Å². The molecule has 2 aromatic rings. The van der Waals surface area contributed by atoms with Gasteiger partial charge < -0.3 is 9.47 Å². The lowest BCUT2D eigenvalue weighted by atomic mass is 10.2. The average Bonchev–Trinajstić information content (AvgIpc) is 2.47. The summed E-state index contributed by atoms with van der Waals surface area (Å²) in [7, 11) is 1.53. The summed E-state index contributed by atoms with van der Waals surface area (Å²) < 4.78 is 10.8. The zero-order valence-electron chi connectivity index (χ0n) is 10.7. The molecule has 19 heavy (non-hydrogen) atoms. The van der Waals surface area contributed by atoms with Gasteiger partial charge in [0.1, 0.15) is 17.2 Å². The Kier molecular flexibility index (Phi) is 3.93. The highest BCUT2D eigenvalue weighted by molar-refractivity contribution is 5.74. The van der Waals surface area contributed by atoms with Gasteiger partial charge >= 0.3 is 0 Å². The van der Waals surface area contributed by atoms with Crippen LogP contribution in [0.1, 0.15) is 5.56 Å². The molecule has 0 saturated carbocycles. The van der Waals surface area contributed by atoms with E-state index in [0.717, 1.165) is 0 Å². The van der Waals surface area contributed by atoms with E-state index in [9.17, 15) is 0 Å². The van der Waals surface area contributed by atoms with Crippen LogP contribution in [0.5, 0.6) is 11.6 Å². The minimum Gasteiger partial charge on any atom is -0.479 e. The van der Waals surface area contributed by atoms with Crippen molar-refractivity contribution < 1.29 is 9.47 Å². The van der Waals surface area contributed by atoms with Crippen LogP contribution in [-0.2, 0) is 0 Å². The number of para-hydroxylation sites is 1. The van der Waals surface area contributed by atoms with Gasteiger partial charge in [-0.15, -0.1) is 0 Å². The quantitative estimate of drug-likeness (QED) is 0.606. The van der Waals surface area contributed by atoms with Crippen LogP contribution in [0.2, 0.25) is 0 Å². The lowest BCUT2D eigenvalue weighted by Crippen LogP contribution is -1.97. The Hall–Kier alpha value is -2.62. The van der Waals surface area contributed by atoms with Crippen molar-refractivity contribution in [2.24, 2.45) is 4.99 Å².